The average molecular weight is 657 g/mol. The first-order valence-corrected chi connectivity index (χ1v) is 18.6. The van der Waals surface area contributed by atoms with E-state index in [0.717, 1.165) is 29.4 Å². The molecule has 6 rings (SSSR count). The topological polar surface area (TPSA) is 52.6 Å². The van der Waals surface area contributed by atoms with E-state index in [0.29, 0.717) is 0 Å². The van der Waals surface area contributed by atoms with Crippen LogP contribution in [0.15, 0.2) is 211 Å². The van der Waals surface area contributed by atoms with Gasteiger partial charge in [0, 0.05) is 29.4 Å². The van der Waals surface area contributed by atoms with E-state index in [1.165, 1.54) is 0 Å². The van der Waals surface area contributed by atoms with Crippen LogP contribution in [0.3, 0.4) is 0 Å². The zero-order valence-corrected chi connectivity index (χ0v) is 27.7. The molecule has 0 aliphatic carbocycles. The van der Waals surface area contributed by atoms with Crippen molar-refractivity contribution in [1.29, 1.82) is 0 Å². The van der Waals surface area contributed by atoms with Crippen LogP contribution in [0.1, 0.15) is 13.3 Å². The first-order valence-electron chi connectivity index (χ1n) is 15.5. The van der Waals surface area contributed by atoms with E-state index in [4.69, 9.17) is 8.37 Å². The lowest BCUT2D eigenvalue weighted by molar-refractivity contribution is -0.143. The van der Waals surface area contributed by atoms with Crippen molar-refractivity contribution in [3.63, 3.8) is 0 Å². The molecule has 0 bridgehead atoms. The second-order valence-corrected chi connectivity index (χ2v) is 16.3. The molecule has 0 aromatic heterocycles. The Morgan fingerprint density at radius 2 is 0.660 bits per heavy atom. The Morgan fingerprint density at radius 3 is 0.915 bits per heavy atom. The minimum atomic E-state index is -2.47. The van der Waals surface area contributed by atoms with Crippen LogP contribution in [0.4, 0.5) is 0 Å². The minimum Gasteiger partial charge on any atom is -0.402 e. The minimum absolute atomic E-state index is 0.145. The van der Waals surface area contributed by atoms with Crippen molar-refractivity contribution >= 4 is 32.6 Å². The fourth-order valence-electron chi connectivity index (χ4n) is 5.49. The summed E-state index contributed by atoms with van der Waals surface area (Å²) >= 11 is 0. The molecule has 0 spiro atoms. The lowest BCUT2D eigenvalue weighted by atomic mass is 10.1. The first-order chi connectivity index (χ1) is 23.0. The maximum absolute atomic E-state index is 14.2. The maximum Gasteiger partial charge on any atom is 0.320 e. The van der Waals surface area contributed by atoms with Gasteiger partial charge in [0.05, 0.1) is 12.3 Å². The number of carbonyl (C=O) groups excluding carboxylic acids is 2. The van der Waals surface area contributed by atoms with Crippen LogP contribution in [-0.2, 0) is 18.0 Å². The Kier molecular flexibility index (Phi) is 9.91. The van der Waals surface area contributed by atoms with E-state index in [9.17, 15) is 9.59 Å². The van der Waals surface area contributed by atoms with Gasteiger partial charge in [-0.3, -0.25) is 9.59 Å². The van der Waals surface area contributed by atoms with Gasteiger partial charge in [-0.05, 0) is 93.4 Å². The normalized spacial score (nSPS) is 12.8. The van der Waals surface area contributed by atoms with Crippen molar-refractivity contribution in [1.82, 2.24) is 0 Å². The van der Waals surface area contributed by atoms with Gasteiger partial charge in [0.2, 0.25) is 0 Å². The summed E-state index contributed by atoms with van der Waals surface area (Å²) in [7, 11) is -4.94. The zero-order valence-electron chi connectivity index (χ0n) is 26.1. The molecule has 0 saturated heterocycles. The predicted octanol–water partition coefficient (Wildman–Crippen LogP) is 10.9. The van der Waals surface area contributed by atoms with Gasteiger partial charge in [-0.25, -0.2) is 0 Å². The van der Waals surface area contributed by atoms with Crippen LogP contribution in [-0.4, -0.2) is 11.9 Å². The van der Waals surface area contributed by atoms with Crippen molar-refractivity contribution in [3.8, 4) is 0 Å². The Bertz CT molecular complexity index is 1690. The van der Waals surface area contributed by atoms with Gasteiger partial charge in [0.25, 0.3) is 0 Å². The third-order valence-corrected chi connectivity index (χ3v) is 14.2. The number of rotatable bonds is 11. The molecule has 0 aliphatic rings. The van der Waals surface area contributed by atoms with Gasteiger partial charge in [-0.1, -0.05) is 116 Å². The number of hydrogen-bond donors (Lipinski definition) is 0. The molecular weight excluding hydrogens is 621 g/mol. The monoisotopic (exact) mass is 656 g/mol. The molecular formula is C41H36O4S2. The molecule has 236 valence electrons. The molecule has 1 unspecified atom stereocenters. The van der Waals surface area contributed by atoms with Gasteiger partial charge < -0.3 is 8.37 Å². The van der Waals surface area contributed by atoms with Crippen molar-refractivity contribution in [2.24, 2.45) is 5.92 Å². The molecule has 0 saturated carbocycles. The summed E-state index contributed by atoms with van der Waals surface area (Å²) in [5, 5.41) is 0. The highest BCUT2D eigenvalue weighted by Crippen LogP contribution is 2.70. The molecule has 0 fully saturated rings. The van der Waals surface area contributed by atoms with E-state index in [-0.39, 0.29) is 6.42 Å². The Labute approximate surface area is 280 Å². The fourth-order valence-corrected chi connectivity index (χ4v) is 11.7. The highest BCUT2D eigenvalue weighted by Gasteiger charge is 2.39. The fraction of sp³-hybridized carbons (Fsp3) is 0.0732. The van der Waals surface area contributed by atoms with Crippen LogP contribution in [0.5, 0.6) is 0 Å². The van der Waals surface area contributed by atoms with Crippen LogP contribution in [0.25, 0.3) is 0 Å². The molecule has 1 atom stereocenters. The maximum atomic E-state index is 14.2. The SMILES string of the molecule is CC(CC(=O)OS(c1ccccc1)(c1ccccc1)c1ccccc1)C(=O)OS(c1ccccc1)(c1ccccc1)c1ccccc1. The predicted molar refractivity (Wildman–Crippen MR) is 189 cm³/mol. The summed E-state index contributed by atoms with van der Waals surface area (Å²) in [6, 6.07) is 59.1. The van der Waals surface area contributed by atoms with Gasteiger partial charge in [0.15, 0.2) is 0 Å². The molecule has 0 radical (unpaired) electrons. The molecule has 0 N–H and O–H groups in total. The lowest BCUT2D eigenvalue weighted by Crippen LogP contribution is -2.23. The standard InChI is InChI=1S/C41H36O4S2/c1-33(41(43)45-47(37-26-14-5-15-27-37,38-28-16-6-17-29-38)39-30-18-7-19-31-39)32-40(42)44-46(34-20-8-2-9-21-34,35-22-10-3-11-23-35)36-24-12-4-13-25-36/h2-31,33H,32H2,1H3. The smallest absolute Gasteiger partial charge is 0.320 e. The summed E-state index contributed by atoms with van der Waals surface area (Å²) in [6.07, 6.45) is -0.145. The summed E-state index contributed by atoms with van der Waals surface area (Å²) < 4.78 is 13.3. The second kappa shape index (κ2) is 14.6. The van der Waals surface area contributed by atoms with Crippen LogP contribution >= 0.6 is 20.6 Å². The molecule has 4 nitrogen and oxygen atoms in total. The van der Waals surface area contributed by atoms with E-state index in [1.807, 2.05) is 182 Å². The highest BCUT2D eigenvalue weighted by atomic mass is 32.3. The van der Waals surface area contributed by atoms with E-state index in [1.54, 1.807) is 6.92 Å². The van der Waals surface area contributed by atoms with Crippen molar-refractivity contribution < 1.29 is 18.0 Å². The molecule has 6 heteroatoms. The molecule has 0 aliphatic heterocycles. The Morgan fingerprint density at radius 1 is 0.426 bits per heavy atom. The van der Waals surface area contributed by atoms with Crippen molar-refractivity contribution in [2.45, 2.75) is 42.7 Å². The highest BCUT2D eigenvalue weighted by molar-refractivity contribution is 8.30. The third kappa shape index (κ3) is 6.61. The largest absolute Gasteiger partial charge is 0.402 e. The second-order valence-electron chi connectivity index (χ2n) is 11.0. The van der Waals surface area contributed by atoms with E-state index in [2.05, 4.69) is 0 Å². The van der Waals surface area contributed by atoms with Gasteiger partial charge in [-0.2, -0.15) is 0 Å². The summed E-state index contributed by atoms with van der Waals surface area (Å²) in [5.41, 5.74) is 0. The van der Waals surface area contributed by atoms with Crippen molar-refractivity contribution in [2.75, 3.05) is 0 Å². The van der Waals surface area contributed by atoms with E-state index < -0.39 is 38.5 Å². The average Bonchev–Trinajstić information content (AvgIpc) is 3.15. The molecule has 0 heterocycles. The summed E-state index contributed by atoms with van der Waals surface area (Å²) in [6.45, 7) is 1.74. The van der Waals surface area contributed by atoms with Gasteiger partial charge >= 0.3 is 11.9 Å². The molecule has 6 aromatic rings. The van der Waals surface area contributed by atoms with Crippen molar-refractivity contribution in [3.05, 3.63) is 182 Å². The van der Waals surface area contributed by atoms with Crippen LogP contribution < -0.4 is 0 Å². The molecule has 6 aromatic carbocycles. The number of hydrogen-bond acceptors (Lipinski definition) is 4. The number of benzene rings is 6. The van der Waals surface area contributed by atoms with Gasteiger partial charge in [-0.15, -0.1) is 0 Å². The first kappa shape index (κ1) is 31.9. The van der Waals surface area contributed by atoms with E-state index >= 15 is 0 Å². The van der Waals surface area contributed by atoms with Crippen LogP contribution in [0, 0.1) is 5.92 Å². The number of carbonyl (C=O) groups is 2. The zero-order chi connectivity index (χ0) is 32.5. The Balaban J connectivity index is 1.35. The quantitative estimate of drug-likeness (QED) is 0.139. The molecule has 0 amide bonds. The summed E-state index contributed by atoms with van der Waals surface area (Å²) in [5.74, 6) is -1.71. The lowest BCUT2D eigenvalue weighted by Gasteiger charge is -2.41. The van der Waals surface area contributed by atoms with Gasteiger partial charge in [0.1, 0.15) is 0 Å². The third-order valence-electron chi connectivity index (χ3n) is 7.75. The van der Waals surface area contributed by atoms with Crippen LogP contribution in [0.2, 0.25) is 0 Å². The Hall–Kier alpha value is -5.04. The summed E-state index contributed by atoms with van der Waals surface area (Å²) in [4.78, 5) is 33.6. The molecule has 47 heavy (non-hydrogen) atoms.